The molecular weight excluding hydrogens is 216 g/mol. The summed E-state index contributed by atoms with van der Waals surface area (Å²) in [7, 11) is 1.52. The molecule has 0 saturated carbocycles. The fourth-order valence-corrected chi connectivity index (χ4v) is 1.41. The molecule has 0 heterocycles. The van der Waals surface area contributed by atoms with E-state index in [1.165, 1.54) is 7.11 Å². The molecule has 85 valence electrons. The van der Waals surface area contributed by atoms with E-state index in [2.05, 4.69) is 6.07 Å². The largest absolute Gasteiger partial charge is 0.496 e. The Morgan fingerprint density at radius 3 is 2.53 bits per heavy atom. The van der Waals surface area contributed by atoms with E-state index in [9.17, 15) is 4.79 Å². The number of benzene rings is 2. The first kappa shape index (κ1) is 11.2. The van der Waals surface area contributed by atoms with Gasteiger partial charge in [0.1, 0.15) is 17.1 Å². The molecule has 3 heteroatoms. The third-order valence-electron chi connectivity index (χ3n) is 2.23. The molecule has 0 aromatic heterocycles. The number of para-hydroxylation sites is 1. The average molecular weight is 227 g/mol. The van der Waals surface area contributed by atoms with Crippen molar-refractivity contribution in [1.29, 1.82) is 0 Å². The fourth-order valence-electron chi connectivity index (χ4n) is 1.41. The minimum Gasteiger partial charge on any atom is -0.496 e. The van der Waals surface area contributed by atoms with Crippen LogP contribution in [0.25, 0.3) is 0 Å². The van der Waals surface area contributed by atoms with Crippen molar-refractivity contribution in [1.82, 2.24) is 0 Å². The number of methoxy groups -OCH3 is 1. The second-order valence-electron chi connectivity index (χ2n) is 3.33. The number of ether oxygens (including phenoxy) is 2. The normalized spacial score (nSPS) is 9.71. The van der Waals surface area contributed by atoms with Gasteiger partial charge in [-0.2, -0.15) is 0 Å². The van der Waals surface area contributed by atoms with Crippen LogP contribution in [-0.4, -0.2) is 13.1 Å². The van der Waals surface area contributed by atoms with E-state index in [4.69, 9.17) is 9.47 Å². The van der Waals surface area contributed by atoms with E-state index in [1.54, 1.807) is 48.5 Å². The second-order valence-corrected chi connectivity index (χ2v) is 3.33. The highest BCUT2D eigenvalue weighted by atomic mass is 16.5. The summed E-state index contributed by atoms with van der Waals surface area (Å²) >= 11 is 0. The van der Waals surface area contributed by atoms with Gasteiger partial charge in [0, 0.05) is 0 Å². The molecule has 17 heavy (non-hydrogen) atoms. The lowest BCUT2D eigenvalue weighted by Crippen LogP contribution is -2.09. The minimum atomic E-state index is -0.436. The third kappa shape index (κ3) is 2.64. The van der Waals surface area contributed by atoms with Crippen molar-refractivity contribution in [2.45, 2.75) is 0 Å². The molecule has 0 spiro atoms. The summed E-state index contributed by atoms with van der Waals surface area (Å²) < 4.78 is 10.3. The average Bonchev–Trinajstić information content (AvgIpc) is 2.40. The van der Waals surface area contributed by atoms with Crippen LogP contribution in [0.4, 0.5) is 0 Å². The number of hydrogen-bond donors (Lipinski definition) is 0. The van der Waals surface area contributed by atoms with Gasteiger partial charge >= 0.3 is 5.97 Å². The lowest BCUT2D eigenvalue weighted by Gasteiger charge is -2.07. The molecule has 0 bridgehead atoms. The predicted molar refractivity (Wildman–Crippen MR) is 63.2 cm³/mol. The summed E-state index contributed by atoms with van der Waals surface area (Å²) in [6, 6.07) is 16.5. The third-order valence-corrected chi connectivity index (χ3v) is 2.23. The Labute approximate surface area is 99.6 Å². The molecule has 0 amide bonds. The molecule has 2 rings (SSSR count). The van der Waals surface area contributed by atoms with Crippen LogP contribution < -0.4 is 9.47 Å². The van der Waals surface area contributed by atoms with E-state index >= 15 is 0 Å². The maximum absolute atomic E-state index is 11.9. The molecule has 0 aliphatic carbocycles. The Morgan fingerprint density at radius 1 is 1.12 bits per heavy atom. The molecular formula is C14H11O3. The topological polar surface area (TPSA) is 35.5 Å². The molecule has 3 nitrogen and oxygen atoms in total. The molecule has 0 N–H and O–H groups in total. The van der Waals surface area contributed by atoms with Crippen molar-refractivity contribution in [3.63, 3.8) is 0 Å². The summed E-state index contributed by atoms with van der Waals surface area (Å²) in [6.45, 7) is 0. The summed E-state index contributed by atoms with van der Waals surface area (Å²) in [6.07, 6.45) is 0. The zero-order chi connectivity index (χ0) is 12.1. The van der Waals surface area contributed by atoms with Crippen LogP contribution in [0, 0.1) is 6.07 Å². The SMILES string of the molecule is COc1ccccc1C(=O)Oc1cc[c]cc1. The van der Waals surface area contributed by atoms with E-state index < -0.39 is 5.97 Å². The van der Waals surface area contributed by atoms with Crippen LogP contribution in [-0.2, 0) is 0 Å². The lowest BCUT2D eigenvalue weighted by molar-refractivity contribution is 0.0731. The Bertz CT molecular complexity index is 506. The van der Waals surface area contributed by atoms with E-state index in [1.807, 2.05) is 0 Å². The number of esters is 1. The van der Waals surface area contributed by atoms with Gasteiger partial charge in [-0.1, -0.05) is 24.3 Å². The van der Waals surface area contributed by atoms with Crippen molar-refractivity contribution in [2.75, 3.05) is 7.11 Å². The van der Waals surface area contributed by atoms with Gasteiger partial charge in [0.2, 0.25) is 0 Å². The quantitative estimate of drug-likeness (QED) is 0.597. The molecule has 0 aliphatic rings. The zero-order valence-electron chi connectivity index (χ0n) is 9.34. The monoisotopic (exact) mass is 227 g/mol. The van der Waals surface area contributed by atoms with Crippen molar-refractivity contribution in [3.05, 3.63) is 60.2 Å². The van der Waals surface area contributed by atoms with Crippen molar-refractivity contribution < 1.29 is 14.3 Å². The summed E-state index contributed by atoms with van der Waals surface area (Å²) in [5.74, 6) is 0.549. The number of carbonyl (C=O) groups excluding carboxylic acids is 1. The van der Waals surface area contributed by atoms with Crippen LogP contribution >= 0.6 is 0 Å². The molecule has 0 saturated heterocycles. The summed E-state index contributed by atoms with van der Waals surface area (Å²) in [4.78, 5) is 11.9. The van der Waals surface area contributed by atoms with Crippen LogP contribution in [0.5, 0.6) is 11.5 Å². The van der Waals surface area contributed by atoms with E-state index in [0.29, 0.717) is 17.1 Å². The molecule has 0 unspecified atom stereocenters. The molecule has 0 atom stereocenters. The van der Waals surface area contributed by atoms with E-state index in [-0.39, 0.29) is 0 Å². The van der Waals surface area contributed by atoms with Crippen molar-refractivity contribution in [2.24, 2.45) is 0 Å². The molecule has 2 aromatic rings. The molecule has 1 radical (unpaired) electrons. The molecule has 2 aromatic carbocycles. The first-order chi connectivity index (χ1) is 8.31. The smallest absolute Gasteiger partial charge is 0.347 e. The first-order valence-corrected chi connectivity index (χ1v) is 5.12. The Morgan fingerprint density at radius 2 is 1.82 bits per heavy atom. The first-order valence-electron chi connectivity index (χ1n) is 5.12. The van der Waals surface area contributed by atoms with Gasteiger partial charge in [-0.3, -0.25) is 0 Å². The lowest BCUT2D eigenvalue weighted by atomic mass is 10.2. The maximum Gasteiger partial charge on any atom is 0.347 e. The van der Waals surface area contributed by atoms with Gasteiger partial charge in [0.25, 0.3) is 0 Å². The predicted octanol–water partition coefficient (Wildman–Crippen LogP) is 2.71. The van der Waals surface area contributed by atoms with E-state index in [0.717, 1.165) is 0 Å². The zero-order valence-corrected chi connectivity index (χ0v) is 9.34. The minimum absolute atomic E-state index is 0.405. The standard InChI is InChI=1S/C14H11O3/c1-16-13-10-6-5-9-12(13)14(15)17-11-7-3-2-4-8-11/h3-10H,1H3. The number of hydrogen-bond acceptors (Lipinski definition) is 3. The highest BCUT2D eigenvalue weighted by molar-refractivity contribution is 5.93. The number of rotatable bonds is 3. The Kier molecular flexibility index (Phi) is 3.40. The summed E-state index contributed by atoms with van der Waals surface area (Å²) in [5.41, 5.74) is 0.405. The van der Waals surface area contributed by atoms with Gasteiger partial charge in [-0.25, -0.2) is 4.79 Å². The second kappa shape index (κ2) is 5.16. The Hall–Kier alpha value is -2.29. The van der Waals surface area contributed by atoms with Crippen LogP contribution in [0.1, 0.15) is 10.4 Å². The van der Waals surface area contributed by atoms with Crippen LogP contribution in [0.2, 0.25) is 0 Å². The highest BCUT2D eigenvalue weighted by Gasteiger charge is 2.13. The maximum atomic E-state index is 11.9. The number of carbonyl (C=O) groups is 1. The summed E-state index contributed by atoms with van der Waals surface area (Å²) in [5, 5.41) is 0. The van der Waals surface area contributed by atoms with Gasteiger partial charge in [-0.15, -0.1) is 0 Å². The van der Waals surface area contributed by atoms with Crippen molar-refractivity contribution in [3.8, 4) is 11.5 Å². The van der Waals surface area contributed by atoms with Crippen LogP contribution in [0.3, 0.4) is 0 Å². The van der Waals surface area contributed by atoms with Gasteiger partial charge in [-0.05, 0) is 30.3 Å². The Balaban J connectivity index is 2.20. The van der Waals surface area contributed by atoms with Gasteiger partial charge < -0.3 is 9.47 Å². The molecule has 0 fully saturated rings. The highest BCUT2D eigenvalue weighted by Crippen LogP contribution is 2.19. The van der Waals surface area contributed by atoms with Gasteiger partial charge in [0.05, 0.1) is 7.11 Å². The van der Waals surface area contributed by atoms with Crippen LogP contribution in [0.15, 0.2) is 48.5 Å². The fraction of sp³-hybridized carbons (Fsp3) is 0.0714. The van der Waals surface area contributed by atoms with Crippen molar-refractivity contribution >= 4 is 5.97 Å². The van der Waals surface area contributed by atoms with Gasteiger partial charge in [0.15, 0.2) is 0 Å². The molecule has 0 aliphatic heterocycles.